The smallest absolute Gasteiger partial charge is 0.198 e. The molecule has 0 amide bonds. The summed E-state index contributed by atoms with van der Waals surface area (Å²) < 4.78 is 0. The molecule has 1 aliphatic rings. The summed E-state index contributed by atoms with van der Waals surface area (Å²) in [5, 5.41) is 7.87. The van der Waals surface area contributed by atoms with Crippen LogP contribution in [-0.2, 0) is 11.2 Å². The second-order valence-electron chi connectivity index (χ2n) is 7.71. The highest BCUT2D eigenvalue weighted by atomic mass is 16.1. The highest BCUT2D eigenvalue weighted by molar-refractivity contribution is 6.44. The van der Waals surface area contributed by atoms with Gasteiger partial charge in [0.2, 0.25) is 0 Å². The maximum Gasteiger partial charge on any atom is 0.198 e. The van der Waals surface area contributed by atoms with Crippen molar-refractivity contribution in [1.29, 1.82) is 0 Å². The number of nitrogens with one attached hydrogen (secondary N) is 1. The van der Waals surface area contributed by atoms with Crippen LogP contribution < -0.4 is 9.91 Å². The van der Waals surface area contributed by atoms with Crippen LogP contribution in [0.3, 0.4) is 0 Å². The molecule has 31 heavy (non-hydrogen) atoms. The molecule has 0 unspecified atom stereocenters. The van der Waals surface area contributed by atoms with Crippen LogP contribution in [0.25, 0.3) is 10.9 Å². The van der Waals surface area contributed by atoms with Crippen molar-refractivity contribution >= 4 is 33.9 Å². The van der Waals surface area contributed by atoms with E-state index >= 15 is 0 Å². The number of hydrogen-bond donors (Lipinski definition) is 1. The van der Waals surface area contributed by atoms with Gasteiger partial charge in [-0.1, -0.05) is 55.5 Å². The van der Waals surface area contributed by atoms with Crippen LogP contribution >= 0.6 is 0 Å². The SMILES string of the molecule is CCc1ccc(N2C(C(C)=O)=NN(c3ccccc3)[C@@H]2c2c[nH]c3ccccc23)cc1. The number of hydrazone groups is 1. The van der Waals surface area contributed by atoms with Gasteiger partial charge in [0.25, 0.3) is 0 Å². The van der Waals surface area contributed by atoms with Crippen LogP contribution in [0.4, 0.5) is 11.4 Å². The molecule has 5 rings (SSSR count). The van der Waals surface area contributed by atoms with E-state index < -0.39 is 0 Å². The number of nitrogens with zero attached hydrogens (tertiary/aromatic N) is 3. The fourth-order valence-corrected chi connectivity index (χ4v) is 4.18. The van der Waals surface area contributed by atoms with Gasteiger partial charge >= 0.3 is 0 Å². The molecular weight excluding hydrogens is 384 g/mol. The molecular formula is C26H24N4O. The van der Waals surface area contributed by atoms with E-state index in [1.165, 1.54) is 5.56 Å². The fourth-order valence-electron chi connectivity index (χ4n) is 4.18. The number of aryl methyl sites for hydroxylation is 1. The number of fused-ring (bicyclic) bond motifs is 1. The van der Waals surface area contributed by atoms with Gasteiger partial charge in [-0.15, -0.1) is 5.10 Å². The number of amidine groups is 1. The third-order valence-electron chi connectivity index (χ3n) is 5.76. The van der Waals surface area contributed by atoms with Gasteiger partial charge in [-0.05, 0) is 42.3 Å². The summed E-state index contributed by atoms with van der Waals surface area (Å²) in [5.74, 6) is 0.367. The molecule has 1 N–H and O–H groups in total. The monoisotopic (exact) mass is 408 g/mol. The Balaban J connectivity index is 1.72. The third-order valence-corrected chi connectivity index (χ3v) is 5.76. The predicted molar refractivity (Wildman–Crippen MR) is 126 cm³/mol. The van der Waals surface area contributed by atoms with Crippen molar-refractivity contribution in [1.82, 2.24) is 4.98 Å². The summed E-state index contributed by atoms with van der Waals surface area (Å²) >= 11 is 0. The van der Waals surface area contributed by atoms with E-state index in [4.69, 9.17) is 5.10 Å². The zero-order valence-electron chi connectivity index (χ0n) is 17.6. The van der Waals surface area contributed by atoms with Crippen LogP contribution in [0.15, 0.2) is 90.2 Å². The minimum atomic E-state index is -0.287. The minimum absolute atomic E-state index is 0.0668. The van der Waals surface area contributed by atoms with Crippen LogP contribution in [0.1, 0.15) is 31.1 Å². The van der Waals surface area contributed by atoms with Crippen molar-refractivity contribution in [3.63, 3.8) is 0 Å². The average Bonchev–Trinajstić information content (AvgIpc) is 3.41. The first kappa shape index (κ1) is 19.1. The minimum Gasteiger partial charge on any atom is -0.361 e. The molecule has 2 heterocycles. The van der Waals surface area contributed by atoms with E-state index in [2.05, 4.69) is 48.3 Å². The summed E-state index contributed by atoms with van der Waals surface area (Å²) in [6.45, 7) is 3.71. The highest BCUT2D eigenvalue weighted by Crippen LogP contribution is 2.41. The van der Waals surface area contributed by atoms with Crippen LogP contribution in [-0.4, -0.2) is 16.6 Å². The zero-order valence-corrected chi connectivity index (χ0v) is 17.6. The lowest BCUT2D eigenvalue weighted by Crippen LogP contribution is -2.37. The lowest BCUT2D eigenvalue weighted by Gasteiger charge is -2.31. The van der Waals surface area contributed by atoms with Gasteiger partial charge in [-0.2, -0.15) is 0 Å². The molecule has 4 aromatic rings. The van der Waals surface area contributed by atoms with Crippen molar-refractivity contribution in [2.45, 2.75) is 26.4 Å². The van der Waals surface area contributed by atoms with Gasteiger partial charge in [0.15, 0.2) is 17.8 Å². The molecule has 3 aromatic carbocycles. The Bertz CT molecular complexity index is 1260. The van der Waals surface area contributed by atoms with E-state index in [0.29, 0.717) is 5.84 Å². The van der Waals surface area contributed by atoms with Gasteiger partial charge in [0.05, 0.1) is 5.69 Å². The van der Waals surface area contributed by atoms with Crippen LogP contribution in [0.5, 0.6) is 0 Å². The van der Waals surface area contributed by atoms with Crippen LogP contribution in [0.2, 0.25) is 0 Å². The Morgan fingerprint density at radius 3 is 2.35 bits per heavy atom. The molecule has 0 aliphatic carbocycles. The van der Waals surface area contributed by atoms with E-state index in [9.17, 15) is 4.79 Å². The first-order valence-electron chi connectivity index (χ1n) is 10.6. The van der Waals surface area contributed by atoms with E-state index in [0.717, 1.165) is 34.3 Å². The van der Waals surface area contributed by atoms with Crippen molar-refractivity contribution in [2.24, 2.45) is 5.10 Å². The first-order chi connectivity index (χ1) is 15.2. The van der Waals surface area contributed by atoms with Crippen molar-refractivity contribution in [3.8, 4) is 0 Å². The predicted octanol–water partition coefficient (Wildman–Crippen LogP) is 5.66. The standard InChI is InChI=1S/C26H24N4O/c1-3-19-13-15-20(16-14-19)29-25(18(2)31)28-30(21-9-5-4-6-10-21)26(29)23-17-27-24-12-8-7-11-22(23)24/h4-17,26-27H,3H2,1-2H3/t26-/m1/s1. The normalized spacial score (nSPS) is 16.1. The Kier molecular flexibility index (Phi) is 4.79. The molecule has 0 bridgehead atoms. The Labute approximate surface area is 181 Å². The molecule has 0 saturated carbocycles. The third kappa shape index (κ3) is 3.28. The Morgan fingerprint density at radius 2 is 1.65 bits per heavy atom. The van der Waals surface area contributed by atoms with Gasteiger partial charge in [0.1, 0.15) is 0 Å². The number of ketones is 1. The van der Waals surface area contributed by atoms with Crippen molar-refractivity contribution in [3.05, 3.63) is 96.2 Å². The number of aromatic amines is 1. The topological polar surface area (TPSA) is 51.7 Å². The maximum atomic E-state index is 12.7. The molecule has 0 radical (unpaired) electrons. The summed E-state index contributed by atoms with van der Waals surface area (Å²) in [7, 11) is 0. The van der Waals surface area contributed by atoms with Gasteiger partial charge in [-0.3, -0.25) is 9.69 Å². The summed E-state index contributed by atoms with van der Waals surface area (Å²) in [4.78, 5) is 18.1. The number of carbonyl (C=O) groups excluding carboxylic acids is 1. The maximum absolute atomic E-state index is 12.7. The lowest BCUT2D eigenvalue weighted by atomic mass is 10.1. The average molecular weight is 409 g/mol. The number of anilines is 2. The fraction of sp³-hybridized carbons (Fsp3) is 0.154. The molecule has 0 saturated heterocycles. The van der Waals surface area contributed by atoms with Gasteiger partial charge in [-0.25, -0.2) is 5.01 Å². The summed E-state index contributed by atoms with van der Waals surface area (Å²) in [6.07, 6.45) is 2.71. The summed E-state index contributed by atoms with van der Waals surface area (Å²) in [5.41, 5.74) is 5.26. The number of para-hydroxylation sites is 2. The van der Waals surface area contributed by atoms with Gasteiger partial charge < -0.3 is 4.98 Å². The number of rotatable bonds is 5. The van der Waals surface area contributed by atoms with E-state index in [1.807, 2.05) is 58.6 Å². The molecule has 0 fully saturated rings. The van der Waals surface area contributed by atoms with Crippen molar-refractivity contribution in [2.75, 3.05) is 9.91 Å². The molecule has 0 spiro atoms. The Morgan fingerprint density at radius 1 is 0.935 bits per heavy atom. The quantitative estimate of drug-likeness (QED) is 0.464. The largest absolute Gasteiger partial charge is 0.361 e. The zero-order chi connectivity index (χ0) is 21.4. The number of carbonyl (C=O) groups is 1. The van der Waals surface area contributed by atoms with Crippen molar-refractivity contribution < 1.29 is 4.79 Å². The first-order valence-corrected chi connectivity index (χ1v) is 10.6. The number of aromatic nitrogens is 1. The molecule has 1 aromatic heterocycles. The molecule has 1 aliphatic heterocycles. The number of hydrogen-bond acceptors (Lipinski definition) is 4. The van der Waals surface area contributed by atoms with E-state index in [-0.39, 0.29) is 11.9 Å². The summed E-state index contributed by atoms with van der Waals surface area (Å²) in [6, 6.07) is 26.6. The number of H-pyrrole nitrogens is 1. The Hall–Kier alpha value is -3.86. The molecule has 5 nitrogen and oxygen atoms in total. The molecule has 154 valence electrons. The van der Waals surface area contributed by atoms with E-state index in [1.54, 1.807) is 6.92 Å². The number of benzene rings is 3. The second kappa shape index (κ2) is 7.76. The highest BCUT2D eigenvalue weighted by Gasteiger charge is 2.40. The molecule has 1 atom stereocenters. The number of Topliss-reactive ketones (excluding diaryl/α,β-unsaturated/α-hetero) is 1. The lowest BCUT2D eigenvalue weighted by molar-refractivity contribution is -0.111. The van der Waals surface area contributed by atoms with Crippen LogP contribution in [0, 0.1) is 0 Å². The molecule has 5 heteroatoms. The second-order valence-corrected chi connectivity index (χ2v) is 7.71. The van der Waals surface area contributed by atoms with Gasteiger partial charge in [0, 0.05) is 35.3 Å².